The van der Waals surface area contributed by atoms with E-state index in [-0.39, 0.29) is 5.78 Å². The number of Topliss-reactive ketones (excluding diaryl/α,β-unsaturated/α-hetero) is 1. The minimum atomic E-state index is -0.00666. The summed E-state index contributed by atoms with van der Waals surface area (Å²) in [6.45, 7) is 2.29. The smallest absolute Gasteiger partial charge is 0.163 e. The van der Waals surface area contributed by atoms with E-state index in [4.69, 9.17) is 0 Å². The number of hydrogen-bond acceptors (Lipinski definition) is 4. The van der Waals surface area contributed by atoms with Crippen molar-refractivity contribution in [2.75, 3.05) is 11.9 Å². The number of carbonyl (C=O) groups is 1. The number of nitrogens with one attached hydrogen (secondary N) is 2. The molecule has 0 aliphatic heterocycles. The lowest BCUT2D eigenvalue weighted by atomic mass is 10.1. The quantitative estimate of drug-likeness (QED) is 0.705. The highest BCUT2D eigenvalue weighted by atomic mass is 16.1. The Morgan fingerprint density at radius 2 is 2.05 bits per heavy atom. The summed E-state index contributed by atoms with van der Waals surface area (Å²) in [5, 5.41) is 11.0. The minimum absolute atomic E-state index is 0.00666. The maximum Gasteiger partial charge on any atom is 0.163 e. The van der Waals surface area contributed by atoms with E-state index in [1.165, 1.54) is 5.56 Å². The molecule has 3 aromatic rings. The van der Waals surface area contributed by atoms with Crippen LogP contribution in [0.3, 0.4) is 0 Å². The van der Waals surface area contributed by atoms with E-state index in [2.05, 4.69) is 32.6 Å². The Kier molecular flexibility index (Phi) is 3.64. The van der Waals surface area contributed by atoms with Crippen LogP contribution >= 0.6 is 0 Å². The van der Waals surface area contributed by atoms with Gasteiger partial charge in [0.15, 0.2) is 11.4 Å². The van der Waals surface area contributed by atoms with Crippen LogP contribution in [0.1, 0.15) is 22.8 Å². The van der Waals surface area contributed by atoms with Gasteiger partial charge in [-0.25, -0.2) is 4.98 Å². The van der Waals surface area contributed by atoms with Crippen molar-refractivity contribution < 1.29 is 4.79 Å². The molecule has 0 saturated heterocycles. The number of ketones is 1. The first-order valence-corrected chi connectivity index (χ1v) is 6.86. The highest BCUT2D eigenvalue weighted by Gasteiger charge is 2.13. The molecule has 0 saturated carbocycles. The molecule has 1 aromatic carbocycles. The number of hydrogen-bond donors (Lipinski definition) is 2. The predicted octanol–water partition coefficient (Wildman–Crippen LogP) is 2.82. The number of fused-ring (bicyclic) bond motifs is 1. The largest absolute Gasteiger partial charge is 0.383 e. The first-order valence-electron chi connectivity index (χ1n) is 6.86. The van der Waals surface area contributed by atoms with Crippen LogP contribution in [-0.4, -0.2) is 27.5 Å². The third kappa shape index (κ3) is 2.76. The fourth-order valence-corrected chi connectivity index (χ4v) is 2.33. The number of aromatic nitrogens is 3. The van der Waals surface area contributed by atoms with Gasteiger partial charge in [0, 0.05) is 12.7 Å². The van der Waals surface area contributed by atoms with Gasteiger partial charge < -0.3 is 5.32 Å². The number of anilines is 1. The van der Waals surface area contributed by atoms with Gasteiger partial charge in [0.1, 0.15) is 0 Å². The molecule has 0 spiro atoms. The summed E-state index contributed by atoms with van der Waals surface area (Å²) in [5.74, 6) is -0.00666. The normalized spacial score (nSPS) is 10.7. The van der Waals surface area contributed by atoms with E-state index in [1.807, 2.05) is 18.2 Å². The monoisotopic (exact) mass is 280 g/mol. The molecule has 2 aromatic heterocycles. The minimum Gasteiger partial charge on any atom is -0.383 e. The molecular formula is C16H16N4O. The van der Waals surface area contributed by atoms with E-state index in [1.54, 1.807) is 19.3 Å². The Morgan fingerprint density at radius 3 is 2.81 bits per heavy atom. The van der Waals surface area contributed by atoms with Crippen LogP contribution < -0.4 is 5.32 Å². The molecular weight excluding hydrogens is 264 g/mol. The Bertz CT molecular complexity index is 764. The maximum atomic E-state index is 11.8. The van der Waals surface area contributed by atoms with Gasteiger partial charge in [0.25, 0.3) is 0 Å². The third-order valence-corrected chi connectivity index (χ3v) is 3.42. The summed E-state index contributed by atoms with van der Waals surface area (Å²) < 4.78 is 0. The molecule has 0 atom stereocenters. The van der Waals surface area contributed by atoms with Crippen molar-refractivity contribution in [2.45, 2.75) is 13.3 Å². The number of aromatic amines is 1. The molecule has 0 unspecified atom stereocenters. The SMILES string of the molecule is CC(=O)c1cnc2[nH]ncc2c1NCCc1ccccc1. The molecule has 2 N–H and O–H groups in total. The van der Waals surface area contributed by atoms with Gasteiger partial charge >= 0.3 is 0 Å². The Balaban J connectivity index is 1.83. The van der Waals surface area contributed by atoms with Gasteiger partial charge in [-0.2, -0.15) is 5.10 Å². The topological polar surface area (TPSA) is 70.7 Å². The molecule has 5 heteroatoms. The zero-order valence-electron chi connectivity index (χ0n) is 11.8. The van der Waals surface area contributed by atoms with Crippen LogP contribution in [0.4, 0.5) is 5.69 Å². The summed E-state index contributed by atoms with van der Waals surface area (Å²) in [7, 11) is 0. The van der Waals surface area contributed by atoms with E-state index in [0.717, 1.165) is 24.0 Å². The summed E-state index contributed by atoms with van der Waals surface area (Å²) >= 11 is 0. The van der Waals surface area contributed by atoms with Crippen molar-refractivity contribution >= 4 is 22.5 Å². The lowest BCUT2D eigenvalue weighted by Crippen LogP contribution is -2.09. The number of carbonyl (C=O) groups excluding carboxylic acids is 1. The number of benzene rings is 1. The first kappa shape index (κ1) is 13.3. The number of rotatable bonds is 5. The third-order valence-electron chi connectivity index (χ3n) is 3.42. The molecule has 0 aliphatic carbocycles. The second-order valence-corrected chi connectivity index (χ2v) is 4.90. The van der Waals surface area contributed by atoms with Crippen molar-refractivity contribution in [3.63, 3.8) is 0 Å². The summed E-state index contributed by atoms with van der Waals surface area (Å²) in [5.41, 5.74) is 3.34. The average Bonchev–Trinajstić information content (AvgIpc) is 2.97. The molecule has 0 radical (unpaired) electrons. The van der Waals surface area contributed by atoms with Crippen molar-refractivity contribution in [1.29, 1.82) is 0 Å². The second kappa shape index (κ2) is 5.75. The second-order valence-electron chi connectivity index (χ2n) is 4.90. The van der Waals surface area contributed by atoms with E-state index in [0.29, 0.717) is 11.2 Å². The van der Waals surface area contributed by atoms with Crippen LogP contribution in [0.2, 0.25) is 0 Å². The average molecular weight is 280 g/mol. The molecule has 0 fully saturated rings. The van der Waals surface area contributed by atoms with Crippen LogP contribution in [0.15, 0.2) is 42.7 Å². The Hall–Kier alpha value is -2.69. The van der Waals surface area contributed by atoms with E-state index >= 15 is 0 Å². The molecule has 0 bridgehead atoms. The zero-order chi connectivity index (χ0) is 14.7. The number of nitrogens with zero attached hydrogens (tertiary/aromatic N) is 2. The summed E-state index contributed by atoms with van der Waals surface area (Å²) in [6.07, 6.45) is 4.17. The molecule has 106 valence electrons. The first-order chi connectivity index (χ1) is 10.3. The molecule has 3 rings (SSSR count). The fraction of sp³-hybridized carbons (Fsp3) is 0.188. The fourth-order valence-electron chi connectivity index (χ4n) is 2.33. The van der Waals surface area contributed by atoms with Crippen LogP contribution in [-0.2, 0) is 6.42 Å². The Labute approximate surface area is 122 Å². The highest BCUT2D eigenvalue weighted by molar-refractivity contribution is 6.06. The van der Waals surface area contributed by atoms with Crippen LogP contribution in [0, 0.1) is 0 Å². The van der Waals surface area contributed by atoms with Gasteiger partial charge in [0.05, 0.1) is 22.8 Å². The zero-order valence-corrected chi connectivity index (χ0v) is 11.8. The van der Waals surface area contributed by atoms with Crippen molar-refractivity contribution in [3.8, 4) is 0 Å². The number of H-pyrrole nitrogens is 1. The van der Waals surface area contributed by atoms with Crippen molar-refractivity contribution in [3.05, 3.63) is 53.9 Å². The standard InChI is InChI=1S/C16H16N4O/c1-11(21)13-9-18-16-14(10-19-20-16)15(13)17-8-7-12-5-3-2-4-6-12/h2-6,9-10H,7-8H2,1H3,(H2,17,18,19,20). The van der Waals surface area contributed by atoms with Gasteiger partial charge in [-0.3, -0.25) is 9.89 Å². The molecule has 0 aliphatic rings. The summed E-state index contributed by atoms with van der Waals surface area (Å²) in [4.78, 5) is 16.0. The Morgan fingerprint density at radius 1 is 1.24 bits per heavy atom. The molecule has 2 heterocycles. The van der Waals surface area contributed by atoms with Gasteiger partial charge in [-0.15, -0.1) is 0 Å². The lowest BCUT2D eigenvalue weighted by molar-refractivity contribution is 0.101. The molecule has 0 amide bonds. The van der Waals surface area contributed by atoms with Gasteiger partial charge in [-0.1, -0.05) is 30.3 Å². The summed E-state index contributed by atoms with van der Waals surface area (Å²) in [6, 6.07) is 10.2. The van der Waals surface area contributed by atoms with Gasteiger partial charge in [-0.05, 0) is 18.9 Å². The number of pyridine rings is 1. The van der Waals surface area contributed by atoms with E-state index in [9.17, 15) is 4.79 Å². The maximum absolute atomic E-state index is 11.8. The molecule has 5 nitrogen and oxygen atoms in total. The highest BCUT2D eigenvalue weighted by Crippen LogP contribution is 2.24. The lowest BCUT2D eigenvalue weighted by Gasteiger charge is -2.11. The van der Waals surface area contributed by atoms with Crippen molar-refractivity contribution in [1.82, 2.24) is 15.2 Å². The van der Waals surface area contributed by atoms with Crippen LogP contribution in [0.5, 0.6) is 0 Å². The molecule has 21 heavy (non-hydrogen) atoms. The van der Waals surface area contributed by atoms with Gasteiger partial charge in [0.2, 0.25) is 0 Å². The van der Waals surface area contributed by atoms with Crippen molar-refractivity contribution in [2.24, 2.45) is 0 Å². The predicted molar refractivity (Wildman–Crippen MR) is 82.5 cm³/mol. The van der Waals surface area contributed by atoms with Crippen LogP contribution in [0.25, 0.3) is 11.0 Å². The van der Waals surface area contributed by atoms with E-state index < -0.39 is 0 Å².